The second-order valence-corrected chi connectivity index (χ2v) is 3.66. The first-order chi connectivity index (χ1) is 6.58. The fourth-order valence-corrected chi connectivity index (χ4v) is 1.43. The van der Waals surface area contributed by atoms with Crippen molar-refractivity contribution < 1.29 is 9.59 Å². The number of hydrogen-bond acceptors (Lipinski definition) is 2. The van der Waals surface area contributed by atoms with Gasteiger partial charge in [0.15, 0.2) is 0 Å². The van der Waals surface area contributed by atoms with E-state index in [2.05, 4.69) is 0 Å². The second-order valence-electron chi connectivity index (χ2n) is 3.22. The Morgan fingerprint density at radius 3 is 2.64 bits per heavy atom. The Balaban J connectivity index is 2.60. The van der Waals surface area contributed by atoms with Crippen LogP contribution in [-0.4, -0.2) is 11.6 Å². The Bertz CT molecular complexity index is 358. The molecule has 0 unspecified atom stereocenters. The molecule has 0 spiro atoms. The maximum Gasteiger partial charge on any atom is 0.144 e. The highest BCUT2D eigenvalue weighted by molar-refractivity contribution is 6.30. The SMILES string of the molecule is CC(=O)CC(=O)Cc1cccc(Cl)c1. The lowest BCUT2D eigenvalue weighted by atomic mass is 10.1. The summed E-state index contributed by atoms with van der Waals surface area (Å²) >= 11 is 5.76. The van der Waals surface area contributed by atoms with E-state index in [0.717, 1.165) is 5.56 Å². The van der Waals surface area contributed by atoms with Crippen molar-refractivity contribution in [3.63, 3.8) is 0 Å². The van der Waals surface area contributed by atoms with Gasteiger partial charge in [0.05, 0.1) is 6.42 Å². The molecule has 2 nitrogen and oxygen atoms in total. The summed E-state index contributed by atoms with van der Waals surface area (Å²) in [6, 6.07) is 7.10. The van der Waals surface area contributed by atoms with Gasteiger partial charge in [0, 0.05) is 11.4 Å². The maximum atomic E-state index is 11.3. The molecular weight excluding hydrogens is 200 g/mol. The van der Waals surface area contributed by atoms with E-state index in [0.29, 0.717) is 5.02 Å². The third-order valence-electron chi connectivity index (χ3n) is 1.74. The average Bonchev–Trinajstić information content (AvgIpc) is 2.01. The Labute approximate surface area is 87.9 Å². The predicted molar refractivity (Wildman–Crippen MR) is 55.5 cm³/mol. The molecule has 3 heteroatoms. The molecule has 1 aromatic carbocycles. The first-order valence-corrected chi connectivity index (χ1v) is 4.71. The smallest absolute Gasteiger partial charge is 0.144 e. The van der Waals surface area contributed by atoms with Crippen molar-refractivity contribution in [2.24, 2.45) is 0 Å². The Morgan fingerprint density at radius 1 is 1.36 bits per heavy atom. The molecule has 0 heterocycles. The number of benzene rings is 1. The molecule has 0 atom stereocenters. The molecule has 0 amide bonds. The first kappa shape index (κ1) is 10.9. The van der Waals surface area contributed by atoms with Crippen molar-refractivity contribution in [1.82, 2.24) is 0 Å². The van der Waals surface area contributed by atoms with Gasteiger partial charge in [-0.05, 0) is 24.6 Å². The van der Waals surface area contributed by atoms with E-state index in [9.17, 15) is 9.59 Å². The summed E-state index contributed by atoms with van der Waals surface area (Å²) < 4.78 is 0. The molecule has 0 aromatic heterocycles. The molecule has 0 bridgehead atoms. The number of Topliss-reactive ketones (excluding diaryl/α,β-unsaturated/α-hetero) is 2. The van der Waals surface area contributed by atoms with Gasteiger partial charge in [-0.25, -0.2) is 0 Å². The number of rotatable bonds is 4. The van der Waals surface area contributed by atoms with Crippen LogP contribution in [0.3, 0.4) is 0 Å². The number of halogens is 1. The van der Waals surface area contributed by atoms with Crippen LogP contribution in [0, 0.1) is 0 Å². The molecule has 0 radical (unpaired) electrons. The molecule has 14 heavy (non-hydrogen) atoms. The number of carbonyl (C=O) groups is 2. The Morgan fingerprint density at radius 2 is 2.07 bits per heavy atom. The van der Waals surface area contributed by atoms with E-state index >= 15 is 0 Å². The van der Waals surface area contributed by atoms with Crippen molar-refractivity contribution in [3.05, 3.63) is 34.9 Å². The molecule has 0 aliphatic rings. The van der Waals surface area contributed by atoms with Crippen molar-refractivity contribution in [2.45, 2.75) is 19.8 Å². The van der Waals surface area contributed by atoms with Gasteiger partial charge in [0.2, 0.25) is 0 Å². The molecule has 0 aliphatic carbocycles. The van der Waals surface area contributed by atoms with Crippen LogP contribution >= 0.6 is 11.6 Å². The summed E-state index contributed by atoms with van der Waals surface area (Å²) in [7, 11) is 0. The first-order valence-electron chi connectivity index (χ1n) is 4.33. The quantitative estimate of drug-likeness (QED) is 0.716. The summed E-state index contributed by atoms with van der Waals surface area (Å²) in [6.45, 7) is 1.41. The minimum atomic E-state index is -0.1000. The highest BCUT2D eigenvalue weighted by Gasteiger charge is 2.06. The zero-order valence-electron chi connectivity index (χ0n) is 7.92. The van der Waals surface area contributed by atoms with Crippen LogP contribution in [0.1, 0.15) is 18.9 Å². The summed E-state index contributed by atoms with van der Waals surface area (Å²) in [5, 5.41) is 0.609. The molecule has 0 N–H and O–H groups in total. The average molecular weight is 211 g/mol. The van der Waals surface area contributed by atoms with Crippen LogP contribution in [0.5, 0.6) is 0 Å². The van der Waals surface area contributed by atoms with Crippen LogP contribution in [0.25, 0.3) is 0 Å². The molecule has 74 valence electrons. The lowest BCUT2D eigenvalue weighted by Gasteiger charge is -1.99. The van der Waals surface area contributed by atoms with Crippen LogP contribution in [0.15, 0.2) is 24.3 Å². The van der Waals surface area contributed by atoms with Crippen LogP contribution < -0.4 is 0 Å². The minimum absolute atomic E-state index is 0.00646. The third kappa shape index (κ3) is 3.71. The van der Waals surface area contributed by atoms with Crippen molar-refractivity contribution in [2.75, 3.05) is 0 Å². The normalized spacial score (nSPS) is 9.86. The predicted octanol–water partition coefficient (Wildman–Crippen LogP) is 2.43. The topological polar surface area (TPSA) is 34.1 Å². The number of ketones is 2. The number of carbonyl (C=O) groups excluding carboxylic acids is 2. The van der Waals surface area contributed by atoms with Crippen molar-refractivity contribution >= 4 is 23.2 Å². The van der Waals surface area contributed by atoms with Crippen molar-refractivity contribution in [1.29, 1.82) is 0 Å². The van der Waals surface area contributed by atoms with Gasteiger partial charge in [-0.1, -0.05) is 23.7 Å². The van der Waals surface area contributed by atoms with Gasteiger partial charge in [-0.3, -0.25) is 9.59 Å². The summed E-state index contributed by atoms with van der Waals surface area (Å²) in [4.78, 5) is 21.9. The lowest BCUT2D eigenvalue weighted by molar-refractivity contribution is -0.125. The van der Waals surface area contributed by atoms with Gasteiger partial charge >= 0.3 is 0 Å². The largest absolute Gasteiger partial charge is 0.300 e. The van der Waals surface area contributed by atoms with Gasteiger partial charge in [-0.2, -0.15) is 0 Å². The zero-order valence-corrected chi connectivity index (χ0v) is 8.67. The van der Waals surface area contributed by atoms with Crippen LogP contribution in [-0.2, 0) is 16.0 Å². The van der Waals surface area contributed by atoms with E-state index < -0.39 is 0 Å². The van der Waals surface area contributed by atoms with Gasteiger partial charge in [-0.15, -0.1) is 0 Å². The number of hydrogen-bond donors (Lipinski definition) is 0. The maximum absolute atomic E-state index is 11.3. The summed E-state index contributed by atoms with van der Waals surface area (Å²) in [6.07, 6.45) is 0.284. The molecule has 0 saturated heterocycles. The zero-order chi connectivity index (χ0) is 10.6. The standard InChI is InChI=1S/C11H11ClO2/c1-8(13)5-11(14)7-9-3-2-4-10(12)6-9/h2-4,6H,5,7H2,1H3. The summed E-state index contributed by atoms with van der Waals surface area (Å²) in [5.41, 5.74) is 0.851. The second kappa shape index (κ2) is 4.91. The molecule has 0 fully saturated rings. The van der Waals surface area contributed by atoms with Crippen molar-refractivity contribution in [3.8, 4) is 0 Å². The van der Waals surface area contributed by atoms with E-state index in [-0.39, 0.29) is 24.4 Å². The molecule has 1 rings (SSSR count). The third-order valence-corrected chi connectivity index (χ3v) is 1.97. The fraction of sp³-hybridized carbons (Fsp3) is 0.273. The van der Waals surface area contributed by atoms with E-state index in [1.54, 1.807) is 18.2 Å². The highest BCUT2D eigenvalue weighted by Crippen LogP contribution is 2.11. The van der Waals surface area contributed by atoms with E-state index in [1.165, 1.54) is 6.92 Å². The molecule has 1 aromatic rings. The van der Waals surface area contributed by atoms with Gasteiger partial charge in [0.25, 0.3) is 0 Å². The highest BCUT2D eigenvalue weighted by atomic mass is 35.5. The minimum Gasteiger partial charge on any atom is -0.300 e. The Hall–Kier alpha value is -1.15. The van der Waals surface area contributed by atoms with Crippen LogP contribution in [0.2, 0.25) is 5.02 Å². The van der Waals surface area contributed by atoms with Gasteiger partial charge < -0.3 is 0 Å². The van der Waals surface area contributed by atoms with E-state index in [4.69, 9.17) is 11.6 Å². The lowest BCUT2D eigenvalue weighted by Crippen LogP contribution is -2.07. The van der Waals surface area contributed by atoms with Crippen LogP contribution in [0.4, 0.5) is 0 Å². The van der Waals surface area contributed by atoms with E-state index in [1.807, 2.05) is 6.07 Å². The molecule has 0 saturated carbocycles. The molecule has 0 aliphatic heterocycles. The fourth-order valence-electron chi connectivity index (χ4n) is 1.21. The monoisotopic (exact) mass is 210 g/mol. The molecular formula is C11H11ClO2. The summed E-state index contributed by atoms with van der Waals surface area (Å²) in [5.74, 6) is -0.170. The Kier molecular flexibility index (Phi) is 3.84. The van der Waals surface area contributed by atoms with Gasteiger partial charge in [0.1, 0.15) is 11.6 Å².